The minimum absolute atomic E-state index is 0.132. The zero-order valence-electron chi connectivity index (χ0n) is 15.6. The molecule has 4 rings (SSSR count). The van der Waals surface area contributed by atoms with Gasteiger partial charge >= 0.3 is 0 Å². The third-order valence-electron chi connectivity index (χ3n) is 5.25. The van der Waals surface area contributed by atoms with Crippen LogP contribution in [0.25, 0.3) is 10.9 Å². The second-order valence-electron chi connectivity index (χ2n) is 7.05. The van der Waals surface area contributed by atoms with Crippen molar-refractivity contribution in [2.75, 3.05) is 13.1 Å². The van der Waals surface area contributed by atoms with E-state index in [-0.39, 0.29) is 5.92 Å². The van der Waals surface area contributed by atoms with E-state index >= 15 is 0 Å². The van der Waals surface area contributed by atoms with Gasteiger partial charge in [-0.25, -0.2) is 0 Å². The number of rotatable bonds is 7. The van der Waals surface area contributed by atoms with Crippen molar-refractivity contribution in [3.8, 4) is 0 Å². The largest absolute Gasteiger partial charge is 0.382 e. The monoisotopic (exact) mass is 391 g/mol. The Morgan fingerprint density at radius 2 is 1.54 bits per heavy atom. The van der Waals surface area contributed by atoms with E-state index in [1.807, 2.05) is 54.6 Å². The van der Waals surface area contributed by atoms with E-state index in [1.54, 1.807) is 0 Å². The van der Waals surface area contributed by atoms with Crippen LogP contribution in [0.1, 0.15) is 28.7 Å². The predicted molar refractivity (Wildman–Crippen MR) is 115 cm³/mol. The van der Waals surface area contributed by atoms with Gasteiger partial charge < -0.3 is 15.4 Å². The number of nitrogens with one attached hydrogen (secondary N) is 1. The number of aromatic amines is 1. The van der Waals surface area contributed by atoms with Gasteiger partial charge in [0.25, 0.3) is 0 Å². The average Bonchev–Trinajstić information content (AvgIpc) is 3.16. The van der Waals surface area contributed by atoms with Gasteiger partial charge in [0.05, 0.1) is 12.5 Å². The van der Waals surface area contributed by atoms with E-state index < -0.39 is 6.10 Å². The number of nitrogens with two attached hydrogens (primary N) is 1. The Bertz CT molecular complexity index is 1040. The molecule has 0 unspecified atom stereocenters. The molecule has 3 aromatic carbocycles. The van der Waals surface area contributed by atoms with Gasteiger partial charge in [-0.2, -0.15) is 0 Å². The number of para-hydroxylation sites is 1. The van der Waals surface area contributed by atoms with Crippen molar-refractivity contribution in [2.45, 2.75) is 12.0 Å². The van der Waals surface area contributed by atoms with Crippen LogP contribution in [-0.4, -0.2) is 23.2 Å². The van der Waals surface area contributed by atoms with E-state index in [9.17, 15) is 5.11 Å². The highest BCUT2D eigenvalue weighted by Crippen LogP contribution is 2.33. The van der Waals surface area contributed by atoms with E-state index in [4.69, 9.17) is 11.6 Å². The molecule has 4 aromatic rings. The molecule has 0 aliphatic rings. The number of aliphatic hydroxyl groups excluding tert-OH is 1. The van der Waals surface area contributed by atoms with Gasteiger partial charge in [0.2, 0.25) is 0 Å². The molecule has 142 valence electrons. The number of H-pyrrole nitrogens is 1. The summed E-state index contributed by atoms with van der Waals surface area (Å²) in [5.74, 6) is 0.132. The molecule has 0 aliphatic heterocycles. The standard InChI is InChI=1S/C24H23ClN2O/c25-22-12-6-4-10-18(22)20(21-15-27-23-13-7-5-11-19(21)23)14-26-16-24(28)17-8-2-1-3-9-17/h1-13,15,20,24,26-28H,14,16H2/p+1/t20-,24-/m1/s1. The number of halogens is 1. The average molecular weight is 392 g/mol. The smallest absolute Gasteiger partial charge is 0.128 e. The Labute approximate surface area is 170 Å². The fourth-order valence-corrected chi connectivity index (χ4v) is 4.06. The van der Waals surface area contributed by atoms with Crippen molar-refractivity contribution in [3.05, 3.63) is 107 Å². The number of benzene rings is 3. The highest BCUT2D eigenvalue weighted by Gasteiger charge is 2.22. The summed E-state index contributed by atoms with van der Waals surface area (Å²) in [6.45, 7) is 1.41. The first-order valence-electron chi connectivity index (χ1n) is 9.59. The SMILES string of the molecule is O[C@H](C[NH2+]C[C@H](c1ccccc1Cl)c1c[nH]c2ccccc12)c1ccccc1. The molecule has 28 heavy (non-hydrogen) atoms. The number of hydrogen-bond acceptors (Lipinski definition) is 1. The van der Waals surface area contributed by atoms with Crippen LogP contribution in [0.15, 0.2) is 85.1 Å². The maximum Gasteiger partial charge on any atom is 0.128 e. The molecule has 0 radical (unpaired) electrons. The molecule has 0 bridgehead atoms. The number of hydrogen-bond donors (Lipinski definition) is 3. The fraction of sp³-hybridized carbons (Fsp3) is 0.167. The van der Waals surface area contributed by atoms with Gasteiger partial charge in [-0.05, 0) is 28.8 Å². The molecule has 3 nitrogen and oxygen atoms in total. The lowest BCUT2D eigenvalue weighted by Gasteiger charge is -2.18. The minimum Gasteiger partial charge on any atom is -0.382 e. The third-order valence-corrected chi connectivity index (χ3v) is 5.60. The van der Waals surface area contributed by atoms with Crippen LogP contribution in [0.5, 0.6) is 0 Å². The van der Waals surface area contributed by atoms with Gasteiger partial charge in [-0.3, -0.25) is 0 Å². The summed E-state index contributed by atoms with van der Waals surface area (Å²) in [5, 5.41) is 14.7. The van der Waals surface area contributed by atoms with Gasteiger partial charge in [-0.1, -0.05) is 78.3 Å². The van der Waals surface area contributed by atoms with E-state index in [0.717, 1.165) is 28.2 Å². The summed E-state index contributed by atoms with van der Waals surface area (Å²) in [4.78, 5) is 3.38. The lowest BCUT2D eigenvalue weighted by Crippen LogP contribution is -2.86. The Hall–Kier alpha value is -2.59. The van der Waals surface area contributed by atoms with Crippen molar-refractivity contribution in [1.29, 1.82) is 0 Å². The van der Waals surface area contributed by atoms with Crippen molar-refractivity contribution < 1.29 is 10.4 Å². The second-order valence-corrected chi connectivity index (χ2v) is 7.46. The summed E-state index contributed by atoms with van der Waals surface area (Å²) in [6.07, 6.45) is 1.59. The lowest BCUT2D eigenvalue weighted by molar-refractivity contribution is -0.663. The molecule has 0 saturated carbocycles. The Balaban J connectivity index is 1.58. The van der Waals surface area contributed by atoms with Crippen molar-refractivity contribution in [2.24, 2.45) is 0 Å². The maximum absolute atomic E-state index is 10.5. The van der Waals surface area contributed by atoms with Crippen molar-refractivity contribution >= 4 is 22.5 Å². The molecule has 1 aromatic heterocycles. The molecule has 4 heteroatoms. The molecule has 0 fully saturated rings. The Morgan fingerprint density at radius 1 is 0.821 bits per heavy atom. The van der Waals surface area contributed by atoms with Gasteiger partial charge in [0, 0.05) is 22.1 Å². The van der Waals surface area contributed by atoms with Gasteiger partial charge in [0.15, 0.2) is 0 Å². The van der Waals surface area contributed by atoms with Gasteiger partial charge in [-0.15, -0.1) is 0 Å². The molecule has 0 spiro atoms. The van der Waals surface area contributed by atoms with Crippen LogP contribution in [0.2, 0.25) is 5.02 Å². The molecule has 1 heterocycles. The normalized spacial score (nSPS) is 13.5. The first-order chi connectivity index (χ1) is 13.7. The van der Waals surface area contributed by atoms with Crippen LogP contribution < -0.4 is 5.32 Å². The topological polar surface area (TPSA) is 52.6 Å². The third kappa shape index (κ3) is 3.97. The highest BCUT2D eigenvalue weighted by atomic mass is 35.5. The molecular weight excluding hydrogens is 368 g/mol. The number of aliphatic hydroxyl groups is 1. The number of aromatic nitrogens is 1. The van der Waals surface area contributed by atoms with Crippen LogP contribution in [0.3, 0.4) is 0 Å². The summed E-state index contributed by atoms with van der Waals surface area (Å²) in [7, 11) is 0. The summed E-state index contributed by atoms with van der Waals surface area (Å²) in [5.41, 5.74) is 4.41. The highest BCUT2D eigenvalue weighted by molar-refractivity contribution is 6.31. The first-order valence-corrected chi connectivity index (χ1v) is 9.97. The van der Waals surface area contributed by atoms with Gasteiger partial charge in [0.1, 0.15) is 12.6 Å². The van der Waals surface area contributed by atoms with E-state index in [2.05, 4.69) is 40.8 Å². The first kappa shape index (κ1) is 18.8. The molecule has 4 N–H and O–H groups in total. The van der Waals surface area contributed by atoms with Crippen LogP contribution >= 0.6 is 11.6 Å². The van der Waals surface area contributed by atoms with Crippen LogP contribution in [0.4, 0.5) is 0 Å². The summed E-state index contributed by atoms with van der Waals surface area (Å²) in [6, 6.07) is 26.2. The number of quaternary nitrogens is 1. The number of fused-ring (bicyclic) bond motifs is 1. The zero-order chi connectivity index (χ0) is 19.3. The summed E-state index contributed by atoms with van der Waals surface area (Å²) >= 11 is 6.55. The Morgan fingerprint density at radius 3 is 2.36 bits per heavy atom. The van der Waals surface area contributed by atoms with E-state index in [0.29, 0.717) is 6.54 Å². The van der Waals surface area contributed by atoms with E-state index in [1.165, 1.54) is 10.9 Å². The maximum atomic E-state index is 10.5. The predicted octanol–water partition coefficient (Wildman–Crippen LogP) is 4.25. The lowest BCUT2D eigenvalue weighted by atomic mass is 9.90. The zero-order valence-corrected chi connectivity index (χ0v) is 16.3. The van der Waals surface area contributed by atoms with Crippen molar-refractivity contribution in [3.63, 3.8) is 0 Å². The molecular formula is C24H24ClN2O+. The molecule has 0 aliphatic carbocycles. The summed E-state index contributed by atoms with van der Waals surface area (Å²) < 4.78 is 0. The molecule has 0 saturated heterocycles. The van der Waals surface area contributed by atoms with Crippen LogP contribution in [0, 0.1) is 0 Å². The fourth-order valence-electron chi connectivity index (χ4n) is 3.79. The Kier molecular flexibility index (Phi) is 5.77. The minimum atomic E-state index is -0.490. The van der Waals surface area contributed by atoms with Crippen LogP contribution in [-0.2, 0) is 0 Å². The van der Waals surface area contributed by atoms with Crippen molar-refractivity contribution in [1.82, 2.24) is 4.98 Å². The quantitative estimate of drug-likeness (QED) is 0.433. The second kappa shape index (κ2) is 8.61. The molecule has 2 atom stereocenters. The molecule has 0 amide bonds.